The van der Waals surface area contributed by atoms with Gasteiger partial charge in [-0.1, -0.05) is 25.0 Å². The Morgan fingerprint density at radius 1 is 0.943 bits per heavy atom. The second-order valence-corrected chi connectivity index (χ2v) is 10.1. The zero-order valence-electron chi connectivity index (χ0n) is 20.2. The van der Waals surface area contributed by atoms with Crippen molar-refractivity contribution < 1.29 is 5.11 Å². The van der Waals surface area contributed by atoms with Crippen LogP contribution in [0.25, 0.3) is 11.1 Å². The summed E-state index contributed by atoms with van der Waals surface area (Å²) in [5, 5.41) is 22.5. The summed E-state index contributed by atoms with van der Waals surface area (Å²) in [4.78, 5) is 7.14. The Morgan fingerprint density at radius 2 is 1.74 bits per heavy atom. The van der Waals surface area contributed by atoms with Gasteiger partial charge >= 0.3 is 0 Å². The summed E-state index contributed by atoms with van der Waals surface area (Å²) in [6.45, 7) is 2.20. The molecule has 5 nitrogen and oxygen atoms in total. The number of piperidine rings is 1. The molecule has 2 heterocycles. The smallest absolute Gasteiger partial charge is 0.126 e. The number of hydrogen-bond acceptors (Lipinski definition) is 5. The summed E-state index contributed by atoms with van der Waals surface area (Å²) >= 11 is 0. The first-order valence-corrected chi connectivity index (χ1v) is 12.9. The quantitative estimate of drug-likeness (QED) is 0.428. The highest BCUT2D eigenvalue weighted by Gasteiger charge is 2.30. The lowest BCUT2D eigenvalue weighted by atomic mass is 9.77. The molecule has 2 N–H and O–H groups in total. The molecule has 1 aromatic heterocycles. The van der Waals surface area contributed by atoms with Gasteiger partial charge in [0, 0.05) is 31.0 Å². The molecule has 1 saturated heterocycles. The Morgan fingerprint density at radius 3 is 2.54 bits per heavy atom. The highest BCUT2D eigenvalue weighted by Crippen LogP contribution is 2.35. The second-order valence-electron chi connectivity index (χ2n) is 10.1. The normalized spacial score (nSPS) is 22.4. The maximum Gasteiger partial charge on any atom is 0.126 e. The van der Waals surface area contributed by atoms with Gasteiger partial charge in [0.2, 0.25) is 0 Å². The van der Waals surface area contributed by atoms with E-state index in [1.807, 2.05) is 36.5 Å². The Balaban J connectivity index is 1.24. The van der Waals surface area contributed by atoms with Gasteiger partial charge in [-0.25, -0.2) is 4.98 Å². The monoisotopic (exact) mass is 466 g/mol. The van der Waals surface area contributed by atoms with Gasteiger partial charge in [0.05, 0.1) is 11.6 Å². The van der Waals surface area contributed by atoms with E-state index in [9.17, 15) is 5.11 Å². The van der Waals surface area contributed by atoms with Crippen molar-refractivity contribution in [1.82, 2.24) is 4.98 Å². The first kappa shape index (κ1) is 23.2. The summed E-state index contributed by atoms with van der Waals surface area (Å²) in [6.07, 6.45) is 10.7. The standard InChI is InChI=1S/C30H34N4O/c31-20-22-7-11-27(12-8-22)34-17-3-4-23(21-34)18-26-5-1-2-6-29(26)33-30-19-25(15-16-32-30)24-9-13-28(35)14-10-24/h7-16,19,23,26,29,35H,1-6,17-18,21H2,(H,32,33)/t23-,26+,29-/m1/s1. The Labute approximate surface area is 208 Å². The third-order valence-corrected chi connectivity index (χ3v) is 7.72. The summed E-state index contributed by atoms with van der Waals surface area (Å²) in [5.74, 6) is 2.58. The maximum atomic E-state index is 9.60. The molecule has 5 heteroatoms. The molecule has 3 atom stereocenters. The number of phenolic OH excluding ortho intramolecular Hbond substituents is 1. The van der Waals surface area contributed by atoms with Gasteiger partial charge in [-0.05, 0) is 104 Å². The highest BCUT2D eigenvalue weighted by atomic mass is 16.3. The third-order valence-electron chi connectivity index (χ3n) is 7.72. The van der Waals surface area contributed by atoms with E-state index in [2.05, 4.69) is 39.5 Å². The number of nitrogens with one attached hydrogen (secondary N) is 1. The molecule has 0 amide bonds. The van der Waals surface area contributed by atoms with E-state index in [1.165, 1.54) is 50.6 Å². The molecule has 5 rings (SSSR count). The predicted octanol–water partition coefficient (Wildman–Crippen LogP) is 6.60. The van der Waals surface area contributed by atoms with Crippen molar-refractivity contribution in [3.05, 3.63) is 72.4 Å². The van der Waals surface area contributed by atoms with Crippen molar-refractivity contribution in [2.75, 3.05) is 23.3 Å². The minimum Gasteiger partial charge on any atom is -0.508 e. The van der Waals surface area contributed by atoms with Crippen LogP contribution in [0.1, 0.15) is 50.5 Å². The number of benzene rings is 2. The topological polar surface area (TPSA) is 72.2 Å². The second kappa shape index (κ2) is 10.8. The number of aromatic hydroxyl groups is 1. The van der Waals surface area contributed by atoms with Gasteiger partial charge < -0.3 is 15.3 Å². The summed E-state index contributed by atoms with van der Waals surface area (Å²) in [5.41, 5.74) is 4.16. The van der Waals surface area contributed by atoms with Gasteiger partial charge in [-0.3, -0.25) is 0 Å². The predicted molar refractivity (Wildman–Crippen MR) is 141 cm³/mol. The fourth-order valence-corrected chi connectivity index (χ4v) is 5.88. The van der Waals surface area contributed by atoms with Crippen LogP contribution in [0.5, 0.6) is 5.75 Å². The highest BCUT2D eigenvalue weighted by molar-refractivity contribution is 5.66. The largest absolute Gasteiger partial charge is 0.508 e. The molecule has 35 heavy (non-hydrogen) atoms. The summed E-state index contributed by atoms with van der Waals surface area (Å²) in [6, 6.07) is 22.2. The lowest BCUT2D eigenvalue weighted by Crippen LogP contribution is -2.39. The molecule has 2 aliphatic rings. The minimum atomic E-state index is 0.284. The molecular weight excluding hydrogens is 432 g/mol. The van der Waals surface area contributed by atoms with Crippen LogP contribution in [0.15, 0.2) is 66.9 Å². The van der Waals surface area contributed by atoms with E-state index in [4.69, 9.17) is 5.26 Å². The number of nitrogens with zero attached hydrogens (tertiary/aromatic N) is 3. The average molecular weight is 467 g/mol. The van der Waals surface area contributed by atoms with Crippen molar-refractivity contribution >= 4 is 11.5 Å². The summed E-state index contributed by atoms with van der Waals surface area (Å²) in [7, 11) is 0. The van der Waals surface area contributed by atoms with Gasteiger partial charge in [0.1, 0.15) is 11.6 Å². The molecule has 0 radical (unpaired) electrons. The zero-order valence-corrected chi connectivity index (χ0v) is 20.2. The molecule has 1 saturated carbocycles. The van der Waals surface area contributed by atoms with Crippen LogP contribution in [0.4, 0.5) is 11.5 Å². The van der Waals surface area contributed by atoms with Crippen molar-refractivity contribution in [1.29, 1.82) is 5.26 Å². The van der Waals surface area contributed by atoms with E-state index in [0.717, 1.165) is 35.6 Å². The number of phenols is 1. The SMILES string of the molecule is N#Cc1ccc(N2CCC[C@H](C[C@@H]3CCCC[C@H]3Nc3cc(-c4ccc(O)cc4)ccn3)C2)cc1. The average Bonchev–Trinajstić information content (AvgIpc) is 2.91. The first-order chi connectivity index (χ1) is 17.2. The fourth-order valence-electron chi connectivity index (χ4n) is 5.88. The zero-order chi connectivity index (χ0) is 24.0. The first-order valence-electron chi connectivity index (χ1n) is 12.9. The number of nitriles is 1. The fraction of sp³-hybridized carbons (Fsp3) is 0.400. The Kier molecular flexibility index (Phi) is 7.18. The lowest BCUT2D eigenvalue weighted by molar-refractivity contribution is 0.247. The molecule has 0 spiro atoms. The summed E-state index contributed by atoms with van der Waals surface area (Å²) < 4.78 is 0. The van der Waals surface area contributed by atoms with E-state index >= 15 is 0 Å². The van der Waals surface area contributed by atoms with E-state index in [-0.39, 0.29) is 5.75 Å². The van der Waals surface area contributed by atoms with Gasteiger partial charge in [-0.15, -0.1) is 0 Å². The number of anilines is 2. The van der Waals surface area contributed by atoms with Crippen LogP contribution >= 0.6 is 0 Å². The molecule has 3 aromatic rings. The van der Waals surface area contributed by atoms with Crippen LogP contribution in [0.2, 0.25) is 0 Å². The van der Waals surface area contributed by atoms with Crippen LogP contribution in [0, 0.1) is 23.2 Å². The van der Waals surface area contributed by atoms with Crippen molar-refractivity contribution in [3.8, 4) is 22.9 Å². The van der Waals surface area contributed by atoms with Gasteiger partial charge in [-0.2, -0.15) is 5.26 Å². The molecule has 2 aromatic carbocycles. The van der Waals surface area contributed by atoms with E-state index in [0.29, 0.717) is 17.9 Å². The third kappa shape index (κ3) is 5.77. The van der Waals surface area contributed by atoms with Gasteiger partial charge in [0.15, 0.2) is 0 Å². The van der Waals surface area contributed by atoms with Crippen LogP contribution in [-0.4, -0.2) is 29.2 Å². The molecule has 2 fully saturated rings. The van der Waals surface area contributed by atoms with Crippen molar-refractivity contribution in [2.24, 2.45) is 11.8 Å². The van der Waals surface area contributed by atoms with Gasteiger partial charge in [0.25, 0.3) is 0 Å². The van der Waals surface area contributed by atoms with Crippen LogP contribution in [-0.2, 0) is 0 Å². The van der Waals surface area contributed by atoms with E-state index < -0.39 is 0 Å². The molecule has 180 valence electrons. The van der Waals surface area contributed by atoms with Crippen LogP contribution < -0.4 is 10.2 Å². The number of pyridine rings is 1. The van der Waals surface area contributed by atoms with Crippen LogP contribution in [0.3, 0.4) is 0 Å². The lowest BCUT2D eigenvalue weighted by Gasteiger charge is -2.39. The maximum absolute atomic E-state index is 9.60. The minimum absolute atomic E-state index is 0.284. The van der Waals surface area contributed by atoms with Crippen molar-refractivity contribution in [3.63, 3.8) is 0 Å². The molecule has 0 unspecified atom stereocenters. The Bertz CT molecular complexity index is 1150. The number of hydrogen-bond donors (Lipinski definition) is 2. The number of rotatable bonds is 6. The molecule has 0 bridgehead atoms. The number of aromatic nitrogens is 1. The molecular formula is C30H34N4O. The molecule has 1 aliphatic carbocycles. The van der Waals surface area contributed by atoms with Crippen molar-refractivity contribution in [2.45, 2.75) is 51.0 Å². The Hall–Kier alpha value is -3.52. The molecule has 1 aliphatic heterocycles. The van der Waals surface area contributed by atoms with E-state index in [1.54, 1.807) is 12.1 Å².